The second-order valence-corrected chi connectivity index (χ2v) is 9.21. The molecule has 0 saturated carbocycles. The number of nitrogens with one attached hydrogen (secondary N) is 1. The number of nitrogen functional groups attached to an aromatic ring is 1. The zero-order valence-electron chi connectivity index (χ0n) is 18.4. The van der Waals surface area contributed by atoms with Crippen LogP contribution in [-0.4, -0.2) is 24.6 Å². The Hall–Kier alpha value is -3.48. The summed E-state index contributed by atoms with van der Waals surface area (Å²) in [5, 5.41) is 0. The van der Waals surface area contributed by atoms with Gasteiger partial charge in [0.1, 0.15) is 17.7 Å². The average Bonchev–Trinajstić information content (AvgIpc) is 2.83. The summed E-state index contributed by atoms with van der Waals surface area (Å²) < 4.78 is 84.2. The molecule has 0 saturated heterocycles. The molecule has 4 aromatic rings. The van der Waals surface area contributed by atoms with Crippen molar-refractivity contribution in [1.29, 1.82) is 0 Å². The minimum atomic E-state index is -4.89. The quantitative estimate of drug-likeness (QED) is 0.329. The van der Waals surface area contributed by atoms with Crippen LogP contribution in [0.2, 0.25) is 0 Å². The van der Waals surface area contributed by atoms with Gasteiger partial charge in [-0.2, -0.15) is 31.4 Å². The highest BCUT2D eigenvalue weighted by atomic mass is 32.2. The average molecular weight is 537 g/mol. The number of anilines is 1. The van der Waals surface area contributed by atoms with E-state index in [0.29, 0.717) is 0 Å². The van der Waals surface area contributed by atoms with Crippen molar-refractivity contribution in [3.63, 3.8) is 0 Å². The fourth-order valence-corrected chi connectivity index (χ4v) is 4.94. The molecule has 0 aliphatic heterocycles. The molecule has 6 nitrogen and oxygen atoms in total. The van der Waals surface area contributed by atoms with Crippen molar-refractivity contribution >= 4 is 29.3 Å². The molecule has 12 heteroatoms. The molecule has 1 aromatic heterocycles. The lowest BCUT2D eigenvalue weighted by atomic mass is 10.0. The van der Waals surface area contributed by atoms with E-state index in [9.17, 15) is 26.0 Å². The van der Waals surface area contributed by atoms with Gasteiger partial charge in [0.15, 0.2) is 0 Å². The normalized spacial score (nSPS) is 12.6. The molecule has 0 aliphatic carbocycles. The van der Waals surface area contributed by atoms with Crippen LogP contribution in [0.3, 0.4) is 0 Å². The molecule has 4 rings (SSSR count). The summed E-state index contributed by atoms with van der Waals surface area (Å²) >= 11 is 0. The molecule has 0 radical (unpaired) electrons. The summed E-state index contributed by atoms with van der Waals surface area (Å²) in [5.74, 6) is -0.565. The van der Waals surface area contributed by atoms with E-state index in [1.54, 1.807) is 4.72 Å². The largest absolute Gasteiger partial charge is 0.408 e. The lowest BCUT2D eigenvalue weighted by Gasteiger charge is -2.23. The highest BCUT2D eigenvalue weighted by molar-refractivity contribution is 7.89. The summed E-state index contributed by atoms with van der Waals surface area (Å²) in [6, 6.07) is 13.5. The molecule has 0 amide bonds. The number of alkyl halides is 3. The monoisotopic (exact) mass is 536 g/mol. The van der Waals surface area contributed by atoms with Crippen LogP contribution in [0, 0.1) is 5.82 Å². The van der Waals surface area contributed by atoms with Crippen molar-refractivity contribution in [3.8, 4) is 22.4 Å². The lowest BCUT2D eigenvalue weighted by Crippen LogP contribution is -2.38. The van der Waals surface area contributed by atoms with Gasteiger partial charge in [-0.15, -0.1) is 0 Å². The molecular formula is C24H20F4N4O2S2. The predicted octanol–water partition coefficient (Wildman–Crippen LogP) is 5.23. The van der Waals surface area contributed by atoms with Crippen LogP contribution in [0.4, 0.5) is 23.4 Å². The van der Waals surface area contributed by atoms with E-state index in [2.05, 4.69) is 9.97 Å². The molecule has 0 spiro atoms. The third-order valence-electron chi connectivity index (χ3n) is 5.14. The fraction of sp³-hybridized carbons (Fsp3) is 0.0833. The third-order valence-corrected chi connectivity index (χ3v) is 6.62. The van der Waals surface area contributed by atoms with Crippen LogP contribution < -0.4 is 10.5 Å². The van der Waals surface area contributed by atoms with Crippen molar-refractivity contribution < 1.29 is 26.0 Å². The minimum absolute atomic E-state index is 0. The van der Waals surface area contributed by atoms with Gasteiger partial charge in [0.05, 0.1) is 23.0 Å². The Balaban J connectivity index is 0.00000361. The van der Waals surface area contributed by atoms with Gasteiger partial charge in [0.2, 0.25) is 10.0 Å². The molecule has 1 atom stereocenters. The van der Waals surface area contributed by atoms with Crippen molar-refractivity contribution in [2.24, 2.45) is 0 Å². The smallest absolute Gasteiger partial charge is 0.382 e. The van der Waals surface area contributed by atoms with Crippen molar-refractivity contribution in [3.05, 3.63) is 96.6 Å². The highest BCUT2D eigenvalue weighted by Crippen LogP contribution is 2.36. The Kier molecular flexibility index (Phi) is 8.02. The second-order valence-electron chi connectivity index (χ2n) is 7.52. The number of aromatic nitrogens is 2. The topological polar surface area (TPSA) is 98.0 Å². The molecule has 3 aromatic carbocycles. The maximum absolute atomic E-state index is 14.9. The minimum Gasteiger partial charge on any atom is -0.382 e. The first-order chi connectivity index (χ1) is 16.6. The molecule has 1 heterocycles. The van der Waals surface area contributed by atoms with E-state index in [1.807, 2.05) is 0 Å². The lowest BCUT2D eigenvalue weighted by molar-refractivity contribution is -0.153. The zero-order valence-corrected chi connectivity index (χ0v) is 20.2. The molecule has 0 unspecified atom stereocenters. The van der Waals surface area contributed by atoms with Gasteiger partial charge < -0.3 is 5.73 Å². The Bertz CT molecular complexity index is 1450. The number of benzene rings is 3. The molecule has 0 aliphatic rings. The van der Waals surface area contributed by atoms with Crippen LogP contribution in [0.25, 0.3) is 22.4 Å². The van der Waals surface area contributed by atoms with Crippen molar-refractivity contribution in [1.82, 2.24) is 14.7 Å². The Morgan fingerprint density at radius 1 is 0.861 bits per heavy atom. The molecule has 0 fully saturated rings. The summed E-state index contributed by atoms with van der Waals surface area (Å²) in [7, 11) is -4.68. The van der Waals surface area contributed by atoms with E-state index in [1.165, 1.54) is 73.1 Å². The number of nitrogens with two attached hydrogens (primary N) is 1. The Morgan fingerprint density at radius 2 is 1.53 bits per heavy atom. The number of sulfonamides is 1. The van der Waals surface area contributed by atoms with E-state index < -0.39 is 33.0 Å². The van der Waals surface area contributed by atoms with E-state index in [4.69, 9.17) is 5.73 Å². The maximum Gasteiger partial charge on any atom is 0.408 e. The number of hydrogen-bond acceptors (Lipinski definition) is 5. The first kappa shape index (κ1) is 27.1. The van der Waals surface area contributed by atoms with Crippen LogP contribution in [0.1, 0.15) is 11.6 Å². The first-order valence-electron chi connectivity index (χ1n) is 10.2. The molecular weight excluding hydrogens is 516 g/mol. The van der Waals surface area contributed by atoms with Gasteiger partial charge in [-0.25, -0.2) is 17.8 Å². The summed E-state index contributed by atoms with van der Waals surface area (Å²) in [6.45, 7) is 0. The van der Waals surface area contributed by atoms with E-state index >= 15 is 0 Å². The van der Waals surface area contributed by atoms with Gasteiger partial charge in [0, 0.05) is 11.1 Å². The number of nitrogens with zero attached hydrogens (tertiary/aromatic N) is 2. The predicted molar refractivity (Wildman–Crippen MR) is 133 cm³/mol. The second kappa shape index (κ2) is 10.6. The van der Waals surface area contributed by atoms with Crippen molar-refractivity contribution in [2.75, 3.05) is 5.73 Å². The number of hydrogen-bond donors (Lipinski definition) is 2. The Morgan fingerprint density at radius 3 is 2.14 bits per heavy atom. The standard InChI is InChI=1S/C24H18F4N4O2S.H2S/c25-19-12-16(10-11-18(19)20-13-31-22(29)14-30-20)17-8-4-5-9-21(17)35(33,34)32-23(24(26,27)28)15-6-2-1-3-7-15;/h1-14,23,32H,(H2,29,31);1H2/t23-;/m0./s1. The number of rotatable bonds is 6. The third kappa shape index (κ3) is 5.83. The van der Waals surface area contributed by atoms with E-state index in [-0.39, 0.29) is 47.3 Å². The van der Waals surface area contributed by atoms with Crippen LogP contribution >= 0.6 is 13.5 Å². The van der Waals surface area contributed by atoms with Crippen LogP contribution in [0.5, 0.6) is 0 Å². The van der Waals surface area contributed by atoms with Gasteiger partial charge in [-0.3, -0.25) is 4.98 Å². The summed E-state index contributed by atoms with van der Waals surface area (Å²) in [6.07, 6.45) is -2.34. The molecule has 36 heavy (non-hydrogen) atoms. The zero-order chi connectivity index (χ0) is 25.2. The first-order valence-corrected chi connectivity index (χ1v) is 11.7. The maximum atomic E-state index is 14.9. The molecule has 0 bridgehead atoms. The van der Waals surface area contributed by atoms with E-state index in [0.717, 1.165) is 12.1 Å². The highest BCUT2D eigenvalue weighted by Gasteiger charge is 2.43. The van der Waals surface area contributed by atoms with Gasteiger partial charge in [0.25, 0.3) is 0 Å². The molecule has 188 valence electrons. The van der Waals surface area contributed by atoms with Crippen molar-refractivity contribution in [2.45, 2.75) is 17.1 Å². The SMILES string of the molecule is Nc1cnc(-c2ccc(-c3ccccc3S(=O)(=O)N[C@@H](c3ccccc3)C(F)(F)F)cc2F)cn1.S. The summed E-state index contributed by atoms with van der Waals surface area (Å²) in [5.41, 5.74) is 5.73. The van der Waals surface area contributed by atoms with Crippen LogP contribution in [0.15, 0.2) is 90.1 Å². The molecule has 3 N–H and O–H groups in total. The van der Waals surface area contributed by atoms with Gasteiger partial charge in [-0.1, -0.05) is 54.6 Å². The van der Waals surface area contributed by atoms with Gasteiger partial charge >= 0.3 is 6.18 Å². The fourth-order valence-electron chi connectivity index (χ4n) is 3.49. The van der Waals surface area contributed by atoms with Gasteiger partial charge in [-0.05, 0) is 29.3 Å². The van der Waals surface area contributed by atoms with Crippen LogP contribution in [-0.2, 0) is 10.0 Å². The Labute approximate surface area is 211 Å². The summed E-state index contributed by atoms with van der Waals surface area (Å²) in [4.78, 5) is 7.45. The number of halogens is 4.